The molecule has 0 aliphatic rings. The predicted molar refractivity (Wildman–Crippen MR) is 109 cm³/mol. The Bertz CT molecular complexity index is 1020. The monoisotopic (exact) mass is 458 g/mol. The van der Waals surface area contributed by atoms with E-state index in [0.717, 1.165) is 12.1 Å². The van der Waals surface area contributed by atoms with Crippen molar-refractivity contribution >= 4 is 23.2 Å². The molecule has 30 heavy (non-hydrogen) atoms. The molecule has 0 aliphatic carbocycles. The lowest BCUT2D eigenvalue weighted by atomic mass is 9.84. The van der Waals surface area contributed by atoms with E-state index >= 15 is 0 Å². The van der Waals surface area contributed by atoms with Crippen LogP contribution in [-0.4, -0.2) is 21.3 Å². The van der Waals surface area contributed by atoms with Gasteiger partial charge in [-0.15, -0.1) is 0 Å². The fourth-order valence-electron chi connectivity index (χ4n) is 3.30. The highest BCUT2D eigenvalue weighted by atomic mass is 35.5. The van der Waals surface area contributed by atoms with Crippen molar-refractivity contribution in [2.45, 2.75) is 31.9 Å². The van der Waals surface area contributed by atoms with E-state index in [9.17, 15) is 18.3 Å². The summed E-state index contributed by atoms with van der Waals surface area (Å²) in [6.07, 6.45) is -1.89. The minimum atomic E-state index is -4.50. The van der Waals surface area contributed by atoms with Gasteiger partial charge in [0, 0.05) is 34.6 Å². The molecule has 3 aromatic rings. The first-order valence-corrected chi connectivity index (χ1v) is 9.85. The van der Waals surface area contributed by atoms with Gasteiger partial charge in [-0.3, -0.25) is 0 Å². The zero-order valence-corrected chi connectivity index (χ0v) is 17.6. The second-order valence-electron chi connectivity index (χ2n) is 6.62. The van der Waals surface area contributed by atoms with Gasteiger partial charge in [-0.2, -0.15) is 13.2 Å². The average Bonchev–Trinajstić information content (AvgIpc) is 3.17. The number of aliphatic hydroxyl groups is 1. The summed E-state index contributed by atoms with van der Waals surface area (Å²) >= 11 is 12.4. The molecule has 1 aromatic heterocycles. The molecule has 2 unspecified atom stereocenters. The third kappa shape index (κ3) is 4.21. The van der Waals surface area contributed by atoms with Crippen LogP contribution in [-0.2, 0) is 16.5 Å². The third-order valence-corrected chi connectivity index (χ3v) is 5.29. The van der Waals surface area contributed by atoms with Crippen molar-refractivity contribution in [1.82, 2.24) is 9.55 Å². The standard InChI is InChI=1S/C21H19Cl2F3N2O2/c1-3-30-13(2)28-11-10-27-19(28)20(29,17-9-8-16(22)12-18(17)23)14-4-6-15(7-5-14)21(24,25)26/h4-13,29H,3H2,1-2H3. The van der Waals surface area contributed by atoms with E-state index in [2.05, 4.69) is 4.98 Å². The van der Waals surface area contributed by atoms with Crippen molar-refractivity contribution < 1.29 is 23.0 Å². The minimum absolute atomic E-state index is 0.142. The summed E-state index contributed by atoms with van der Waals surface area (Å²) in [6, 6.07) is 8.74. The number of hydrogen-bond donors (Lipinski definition) is 1. The molecule has 0 saturated heterocycles. The zero-order chi connectivity index (χ0) is 22.1. The molecule has 160 valence electrons. The van der Waals surface area contributed by atoms with E-state index in [1.165, 1.54) is 36.5 Å². The number of benzene rings is 2. The van der Waals surface area contributed by atoms with E-state index in [0.29, 0.717) is 11.6 Å². The van der Waals surface area contributed by atoms with Crippen LogP contribution in [0.3, 0.4) is 0 Å². The minimum Gasteiger partial charge on any atom is -0.373 e. The molecular weight excluding hydrogens is 440 g/mol. The first-order chi connectivity index (χ1) is 14.1. The number of nitrogens with zero attached hydrogens (tertiary/aromatic N) is 2. The largest absolute Gasteiger partial charge is 0.416 e. The number of aromatic nitrogens is 2. The number of hydrogen-bond acceptors (Lipinski definition) is 3. The Hall–Kier alpha value is -2.06. The molecule has 0 saturated carbocycles. The number of ether oxygens (including phenoxy) is 1. The van der Waals surface area contributed by atoms with Crippen LogP contribution >= 0.6 is 23.2 Å². The topological polar surface area (TPSA) is 47.3 Å². The molecular formula is C21H19Cl2F3N2O2. The zero-order valence-electron chi connectivity index (χ0n) is 16.1. The molecule has 0 aliphatic heterocycles. The van der Waals surface area contributed by atoms with Crippen molar-refractivity contribution in [1.29, 1.82) is 0 Å². The highest BCUT2D eigenvalue weighted by Gasteiger charge is 2.41. The summed E-state index contributed by atoms with van der Waals surface area (Å²) in [7, 11) is 0. The van der Waals surface area contributed by atoms with Crippen LogP contribution in [0, 0.1) is 0 Å². The van der Waals surface area contributed by atoms with Crippen LogP contribution in [0.4, 0.5) is 13.2 Å². The lowest BCUT2D eigenvalue weighted by molar-refractivity contribution is -0.137. The lowest BCUT2D eigenvalue weighted by Gasteiger charge is -2.32. The molecule has 3 rings (SSSR count). The summed E-state index contributed by atoms with van der Waals surface area (Å²) in [6.45, 7) is 4.01. The van der Waals surface area contributed by atoms with Gasteiger partial charge in [-0.1, -0.05) is 41.4 Å². The Morgan fingerprint density at radius 2 is 1.73 bits per heavy atom. The van der Waals surface area contributed by atoms with E-state index in [4.69, 9.17) is 27.9 Å². The van der Waals surface area contributed by atoms with Crippen LogP contribution in [0.1, 0.15) is 42.6 Å². The Balaban J connectivity index is 2.24. The summed E-state index contributed by atoms with van der Waals surface area (Å²) in [5.41, 5.74) is -2.40. The van der Waals surface area contributed by atoms with Crippen molar-refractivity contribution in [2.24, 2.45) is 0 Å². The summed E-state index contributed by atoms with van der Waals surface area (Å²) < 4.78 is 46.4. The van der Waals surface area contributed by atoms with Gasteiger partial charge < -0.3 is 14.4 Å². The normalized spacial score (nSPS) is 15.1. The molecule has 0 amide bonds. The molecule has 0 spiro atoms. The lowest BCUT2D eigenvalue weighted by Crippen LogP contribution is -2.34. The maximum atomic E-state index is 13.0. The Morgan fingerprint density at radius 1 is 1.10 bits per heavy atom. The first-order valence-electron chi connectivity index (χ1n) is 9.09. The Labute approximate surface area is 181 Å². The summed E-state index contributed by atoms with van der Waals surface area (Å²) in [4.78, 5) is 4.30. The van der Waals surface area contributed by atoms with Crippen molar-refractivity contribution in [3.05, 3.63) is 87.4 Å². The highest BCUT2D eigenvalue weighted by Crippen LogP contribution is 2.42. The summed E-state index contributed by atoms with van der Waals surface area (Å²) in [5.74, 6) is 0.146. The highest BCUT2D eigenvalue weighted by molar-refractivity contribution is 6.35. The van der Waals surface area contributed by atoms with Gasteiger partial charge in [0.2, 0.25) is 0 Å². The SMILES string of the molecule is CCOC(C)n1ccnc1C(O)(c1ccc(C(F)(F)F)cc1)c1ccc(Cl)cc1Cl. The van der Waals surface area contributed by atoms with Gasteiger partial charge in [0.15, 0.2) is 11.4 Å². The van der Waals surface area contributed by atoms with E-state index < -0.39 is 23.6 Å². The second kappa shape index (κ2) is 8.59. The van der Waals surface area contributed by atoms with E-state index in [1.54, 1.807) is 17.7 Å². The van der Waals surface area contributed by atoms with Crippen molar-refractivity contribution in [3.63, 3.8) is 0 Å². The molecule has 0 fully saturated rings. The smallest absolute Gasteiger partial charge is 0.373 e. The number of rotatable bonds is 6. The van der Waals surface area contributed by atoms with Crippen molar-refractivity contribution in [2.75, 3.05) is 6.61 Å². The molecule has 2 aromatic carbocycles. The quantitative estimate of drug-likeness (QED) is 0.489. The molecule has 1 heterocycles. The number of alkyl halides is 3. The fourth-order valence-corrected chi connectivity index (χ4v) is 3.84. The van der Waals surface area contributed by atoms with Gasteiger partial charge in [-0.05, 0) is 43.7 Å². The van der Waals surface area contributed by atoms with Crippen LogP contribution in [0.25, 0.3) is 0 Å². The molecule has 1 N–H and O–H groups in total. The van der Waals surface area contributed by atoms with Gasteiger partial charge in [0.05, 0.1) is 5.56 Å². The predicted octanol–water partition coefficient (Wildman–Crippen LogP) is 6.05. The first kappa shape index (κ1) is 22.6. The van der Waals surface area contributed by atoms with E-state index in [-0.39, 0.29) is 22.0 Å². The molecule has 0 radical (unpaired) electrons. The van der Waals surface area contributed by atoms with Gasteiger partial charge in [0.1, 0.15) is 6.23 Å². The fraction of sp³-hybridized carbons (Fsp3) is 0.286. The van der Waals surface area contributed by atoms with E-state index in [1.807, 2.05) is 6.92 Å². The second-order valence-corrected chi connectivity index (χ2v) is 7.47. The molecule has 0 bridgehead atoms. The maximum Gasteiger partial charge on any atom is 0.416 e. The van der Waals surface area contributed by atoms with Gasteiger partial charge >= 0.3 is 6.18 Å². The van der Waals surface area contributed by atoms with Crippen molar-refractivity contribution in [3.8, 4) is 0 Å². The van der Waals surface area contributed by atoms with Crippen LogP contribution < -0.4 is 0 Å². The van der Waals surface area contributed by atoms with Gasteiger partial charge in [0.25, 0.3) is 0 Å². The maximum absolute atomic E-state index is 13.0. The number of halogens is 5. The van der Waals surface area contributed by atoms with Crippen LogP contribution in [0.5, 0.6) is 0 Å². The Morgan fingerprint density at radius 3 is 2.30 bits per heavy atom. The number of imidazole rings is 1. The third-order valence-electron chi connectivity index (χ3n) is 4.74. The Kier molecular flexibility index (Phi) is 6.48. The summed E-state index contributed by atoms with van der Waals surface area (Å²) in [5, 5.41) is 12.4. The molecule has 9 heteroatoms. The average molecular weight is 459 g/mol. The molecule has 2 atom stereocenters. The molecule has 4 nitrogen and oxygen atoms in total. The van der Waals surface area contributed by atoms with Crippen LogP contribution in [0.2, 0.25) is 10.0 Å². The van der Waals surface area contributed by atoms with Crippen LogP contribution in [0.15, 0.2) is 54.9 Å². The van der Waals surface area contributed by atoms with Gasteiger partial charge in [-0.25, -0.2) is 4.98 Å².